The minimum atomic E-state index is -1.10. The van der Waals surface area contributed by atoms with Crippen LogP contribution < -0.4 is 11.1 Å². The SMILES string of the molecule is CC1(C)OCC(N)(CNC(=O)O)CO1. The molecule has 4 N–H and O–H groups in total. The highest BCUT2D eigenvalue weighted by molar-refractivity contribution is 5.64. The largest absolute Gasteiger partial charge is 0.465 e. The van der Waals surface area contributed by atoms with E-state index in [2.05, 4.69) is 5.32 Å². The number of nitrogens with two attached hydrogens (primary N) is 1. The highest BCUT2D eigenvalue weighted by Gasteiger charge is 2.37. The van der Waals surface area contributed by atoms with E-state index < -0.39 is 17.4 Å². The molecule has 1 aliphatic heterocycles. The molecule has 0 spiro atoms. The van der Waals surface area contributed by atoms with Crippen molar-refractivity contribution in [3.63, 3.8) is 0 Å². The highest BCUT2D eigenvalue weighted by Crippen LogP contribution is 2.21. The minimum absolute atomic E-state index is 0.123. The van der Waals surface area contributed by atoms with E-state index in [4.69, 9.17) is 20.3 Å². The number of ether oxygens (including phenoxy) is 2. The smallest absolute Gasteiger partial charge is 0.404 e. The molecular formula is C8H16N2O4. The summed E-state index contributed by atoms with van der Waals surface area (Å²) in [5, 5.41) is 10.6. The number of carbonyl (C=O) groups is 1. The van der Waals surface area contributed by atoms with Crippen molar-refractivity contribution in [3.8, 4) is 0 Å². The van der Waals surface area contributed by atoms with Gasteiger partial charge in [0.15, 0.2) is 5.79 Å². The molecule has 1 fully saturated rings. The summed E-state index contributed by atoms with van der Waals surface area (Å²) in [7, 11) is 0. The lowest BCUT2D eigenvalue weighted by atomic mass is 10.0. The van der Waals surface area contributed by atoms with E-state index in [1.54, 1.807) is 13.8 Å². The maximum Gasteiger partial charge on any atom is 0.404 e. The molecule has 0 atom stereocenters. The van der Waals surface area contributed by atoms with Gasteiger partial charge < -0.3 is 25.6 Å². The van der Waals surface area contributed by atoms with E-state index in [0.717, 1.165) is 0 Å². The highest BCUT2D eigenvalue weighted by atomic mass is 16.7. The topological polar surface area (TPSA) is 93.8 Å². The van der Waals surface area contributed by atoms with Gasteiger partial charge >= 0.3 is 6.09 Å². The van der Waals surface area contributed by atoms with E-state index in [9.17, 15) is 4.79 Å². The third kappa shape index (κ3) is 3.13. The third-order valence-corrected chi connectivity index (χ3v) is 2.01. The second kappa shape index (κ2) is 3.72. The molecule has 1 rings (SSSR count). The van der Waals surface area contributed by atoms with Crippen LogP contribution in [0.25, 0.3) is 0 Å². The van der Waals surface area contributed by atoms with Crippen LogP contribution in [0.1, 0.15) is 13.8 Å². The van der Waals surface area contributed by atoms with Gasteiger partial charge in [-0.3, -0.25) is 0 Å². The first-order valence-electron chi connectivity index (χ1n) is 4.37. The Morgan fingerprint density at radius 2 is 2.00 bits per heavy atom. The molecule has 14 heavy (non-hydrogen) atoms. The lowest BCUT2D eigenvalue weighted by Crippen LogP contribution is -2.62. The Morgan fingerprint density at radius 1 is 1.50 bits per heavy atom. The molecule has 6 heteroatoms. The Bertz CT molecular complexity index is 219. The summed E-state index contributed by atoms with van der Waals surface area (Å²) in [5.74, 6) is -0.633. The van der Waals surface area contributed by atoms with Gasteiger partial charge in [0.1, 0.15) is 0 Å². The van der Waals surface area contributed by atoms with Gasteiger partial charge in [0.2, 0.25) is 0 Å². The summed E-state index contributed by atoms with van der Waals surface area (Å²) < 4.78 is 10.7. The number of amides is 1. The Labute approximate surface area is 82.4 Å². The maximum atomic E-state index is 10.3. The number of hydrogen-bond donors (Lipinski definition) is 3. The fourth-order valence-electron chi connectivity index (χ4n) is 1.07. The summed E-state index contributed by atoms with van der Waals surface area (Å²) in [6, 6.07) is 0. The van der Waals surface area contributed by atoms with Crippen LogP contribution in [0.5, 0.6) is 0 Å². The standard InChI is InChI=1S/C8H16N2O4/c1-7(2)13-4-8(9,5-14-7)3-10-6(11)12/h10H,3-5,9H2,1-2H3,(H,11,12). The molecule has 1 saturated heterocycles. The van der Waals surface area contributed by atoms with Crippen LogP contribution in [0.15, 0.2) is 0 Å². The van der Waals surface area contributed by atoms with Crippen molar-refractivity contribution < 1.29 is 19.4 Å². The predicted octanol–water partition coefficient (Wildman–Crippen LogP) is -0.266. The Kier molecular flexibility index (Phi) is 2.98. The van der Waals surface area contributed by atoms with Crippen LogP contribution in [0.4, 0.5) is 4.79 Å². The number of rotatable bonds is 2. The first kappa shape index (κ1) is 11.2. The molecule has 0 aromatic heterocycles. The normalized spacial score (nSPS) is 24.2. The summed E-state index contributed by atoms with van der Waals surface area (Å²) in [5.41, 5.74) is 5.08. The van der Waals surface area contributed by atoms with Crippen molar-refractivity contribution in [2.24, 2.45) is 5.73 Å². The van der Waals surface area contributed by atoms with Gasteiger partial charge in [0.05, 0.1) is 18.8 Å². The predicted molar refractivity (Wildman–Crippen MR) is 48.9 cm³/mol. The van der Waals surface area contributed by atoms with Gasteiger partial charge in [-0.2, -0.15) is 0 Å². The monoisotopic (exact) mass is 204 g/mol. The number of carboxylic acid groups (broad SMARTS) is 1. The van der Waals surface area contributed by atoms with Crippen LogP contribution in [0, 0.1) is 0 Å². The summed E-state index contributed by atoms with van der Waals surface area (Å²) in [6.45, 7) is 4.26. The molecular weight excluding hydrogens is 188 g/mol. The average Bonchev–Trinajstić information content (AvgIpc) is 2.08. The second-order valence-electron chi connectivity index (χ2n) is 4.00. The van der Waals surface area contributed by atoms with Gasteiger partial charge in [-0.05, 0) is 13.8 Å². The average molecular weight is 204 g/mol. The lowest BCUT2D eigenvalue weighted by Gasteiger charge is -2.40. The molecule has 0 radical (unpaired) electrons. The fraction of sp³-hybridized carbons (Fsp3) is 0.875. The summed E-state index contributed by atoms with van der Waals surface area (Å²) in [4.78, 5) is 10.3. The summed E-state index contributed by atoms with van der Waals surface area (Å²) >= 11 is 0. The number of nitrogens with one attached hydrogen (secondary N) is 1. The minimum Gasteiger partial charge on any atom is -0.465 e. The van der Waals surface area contributed by atoms with E-state index in [1.165, 1.54) is 0 Å². The van der Waals surface area contributed by atoms with Gasteiger partial charge in [-0.25, -0.2) is 4.79 Å². The zero-order valence-corrected chi connectivity index (χ0v) is 8.37. The Balaban J connectivity index is 2.41. The van der Waals surface area contributed by atoms with E-state index in [0.29, 0.717) is 0 Å². The van der Waals surface area contributed by atoms with Gasteiger partial charge in [-0.15, -0.1) is 0 Å². The fourth-order valence-corrected chi connectivity index (χ4v) is 1.07. The van der Waals surface area contributed by atoms with Crippen molar-refractivity contribution >= 4 is 6.09 Å². The van der Waals surface area contributed by atoms with Crippen molar-refractivity contribution in [1.29, 1.82) is 0 Å². The van der Waals surface area contributed by atoms with Gasteiger partial charge in [0, 0.05) is 6.54 Å². The Morgan fingerprint density at radius 3 is 2.43 bits per heavy atom. The van der Waals surface area contributed by atoms with Crippen molar-refractivity contribution in [2.45, 2.75) is 25.2 Å². The van der Waals surface area contributed by atoms with Crippen LogP contribution in [-0.4, -0.2) is 42.3 Å². The van der Waals surface area contributed by atoms with Crippen LogP contribution in [-0.2, 0) is 9.47 Å². The van der Waals surface area contributed by atoms with Gasteiger partial charge in [0.25, 0.3) is 0 Å². The first-order chi connectivity index (χ1) is 6.33. The molecule has 1 heterocycles. The molecule has 0 unspecified atom stereocenters. The van der Waals surface area contributed by atoms with E-state index in [-0.39, 0.29) is 19.8 Å². The molecule has 6 nitrogen and oxygen atoms in total. The van der Waals surface area contributed by atoms with Crippen LogP contribution in [0.2, 0.25) is 0 Å². The summed E-state index contributed by atoms with van der Waals surface area (Å²) in [6.07, 6.45) is -1.10. The molecule has 0 aromatic rings. The van der Waals surface area contributed by atoms with E-state index >= 15 is 0 Å². The van der Waals surface area contributed by atoms with Crippen LogP contribution >= 0.6 is 0 Å². The molecule has 0 bridgehead atoms. The zero-order chi connectivity index (χ0) is 10.8. The molecule has 0 saturated carbocycles. The van der Waals surface area contributed by atoms with Crippen molar-refractivity contribution in [1.82, 2.24) is 5.32 Å². The van der Waals surface area contributed by atoms with Crippen molar-refractivity contribution in [3.05, 3.63) is 0 Å². The van der Waals surface area contributed by atoms with Crippen LogP contribution in [0.3, 0.4) is 0 Å². The number of hydrogen-bond acceptors (Lipinski definition) is 4. The maximum absolute atomic E-state index is 10.3. The van der Waals surface area contributed by atoms with E-state index in [1.807, 2.05) is 0 Å². The third-order valence-electron chi connectivity index (χ3n) is 2.01. The lowest BCUT2D eigenvalue weighted by molar-refractivity contribution is -0.265. The zero-order valence-electron chi connectivity index (χ0n) is 8.37. The second-order valence-corrected chi connectivity index (χ2v) is 4.00. The molecule has 1 aliphatic rings. The molecule has 0 aromatic carbocycles. The van der Waals surface area contributed by atoms with Gasteiger partial charge in [-0.1, -0.05) is 0 Å². The molecule has 0 aliphatic carbocycles. The quantitative estimate of drug-likeness (QED) is 0.576. The Hall–Kier alpha value is -0.850. The van der Waals surface area contributed by atoms with Crippen molar-refractivity contribution in [2.75, 3.05) is 19.8 Å². The molecule has 82 valence electrons. The first-order valence-corrected chi connectivity index (χ1v) is 4.37. The molecule has 1 amide bonds.